The number of pyridine rings is 2. The second-order valence-electron chi connectivity index (χ2n) is 5.50. The van der Waals surface area contributed by atoms with Crippen molar-refractivity contribution < 1.29 is 4.79 Å². The molecule has 0 saturated heterocycles. The van der Waals surface area contributed by atoms with Crippen LogP contribution in [0.25, 0.3) is 0 Å². The molecule has 1 fully saturated rings. The fourth-order valence-corrected chi connectivity index (χ4v) is 3.91. The van der Waals surface area contributed by atoms with Gasteiger partial charge in [0.25, 0.3) is 5.91 Å². The van der Waals surface area contributed by atoms with E-state index in [1.54, 1.807) is 30.1 Å². The van der Waals surface area contributed by atoms with Gasteiger partial charge < -0.3 is 5.32 Å². The summed E-state index contributed by atoms with van der Waals surface area (Å²) in [6, 6.07) is 9.22. The van der Waals surface area contributed by atoms with E-state index in [9.17, 15) is 4.79 Å². The maximum atomic E-state index is 12.5. The Morgan fingerprint density at radius 3 is 2.82 bits per heavy atom. The van der Waals surface area contributed by atoms with Gasteiger partial charge in [-0.3, -0.25) is 4.79 Å². The van der Waals surface area contributed by atoms with E-state index >= 15 is 0 Å². The second kappa shape index (κ2) is 6.92. The van der Waals surface area contributed by atoms with Gasteiger partial charge in [0.15, 0.2) is 0 Å². The number of nitrogens with one attached hydrogen (secondary N) is 1. The number of nitrogens with zero attached hydrogens (tertiary/aromatic N) is 2. The molecule has 2 aromatic rings. The third-order valence-electron chi connectivity index (χ3n) is 3.73. The maximum absolute atomic E-state index is 12.5. The molecule has 3 rings (SSSR count). The molecule has 0 aromatic carbocycles. The van der Waals surface area contributed by atoms with E-state index in [0.717, 1.165) is 10.7 Å². The van der Waals surface area contributed by atoms with Crippen LogP contribution in [0.1, 0.15) is 41.7 Å². The Morgan fingerprint density at radius 2 is 2.05 bits per heavy atom. The van der Waals surface area contributed by atoms with Crippen molar-refractivity contribution in [1.29, 1.82) is 0 Å². The number of thioether (sulfide) groups is 1. The van der Waals surface area contributed by atoms with E-state index in [4.69, 9.17) is 0 Å². The summed E-state index contributed by atoms with van der Waals surface area (Å²) in [6.45, 7) is 1.90. The SMILES string of the molecule is Cc1cccc(NC(=O)c2cccnc2SC2CCCC2)n1. The van der Waals surface area contributed by atoms with E-state index < -0.39 is 0 Å². The van der Waals surface area contributed by atoms with E-state index in [1.165, 1.54) is 25.7 Å². The number of rotatable bonds is 4. The van der Waals surface area contributed by atoms with Crippen molar-refractivity contribution in [1.82, 2.24) is 9.97 Å². The van der Waals surface area contributed by atoms with Gasteiger partial charge >= 0.3 is 0 Å². The third kappa shape index (κ3) is 3.65. The van der Waals surface area contributed by atoms with Gasteiger partial charge in [-0.2, -0.15) is 0 Å². The van der Waals surface area contributed by atoms with Crippen LogP contribution in [0.4, 0.5) is 5.82 Å². The first-order valence-electron chi connectivity index (χ1n) is 7.59. The van der Waals surface area contributed by atoms with Crippen LogP contribution in [0.2, 0.25) is 0 Å². The minimum absolute atomic E-state index is 0.147. The van der Waals surface area contributed by atoms with Crippen LogP contribution in [0.15, 0.2) is 41.6 Å². The number of carbonyl (C=O) groups is 1. The fourth-order valence-electron chi connectivity index (χ4n) is 2.62. The van der Waals surface area contributed by atoms with Gasteiger partial charge in [-0.15, -0.1) is 11.8 Å². The molecule has 0 atom stereocenters. The van der Waals surface area contributed by atoms with Gasteiger partial charge in [0.05, 0.1) is 5.56 Å². The Morgan fingerprint density at radius 1 is 1.23 bits per heavy atom. The zero-order valence-electron chi connectivity index (χ0n) is 12.6. The van der Waals surface area contributed by atoms with E-state index in [-0.39, 0.29) is 5.91 Å². The Labute approximate surface area is 134 Å². The van der Waals surface area contributed by atoms with Crippen molar-refractivity contribution in [2.24, 2.45) is 0 Å². The molecule has 0 aliphatic heterocycles. The monoisotopic (exact) mass is 313 g/mol. The molecule has 1 N–H and O–H groups in total. The van der Waals surface area contributed by atoms with E-state index in [2.05, 4.69) is 15.3 Å². The van der Waals surface area contributed by atoms with Crippen molar-refractivity contribution in [2.45, 2.75) is 42.9 Å². The number of hydrogen-bond donors (Lipinski definition) is 1. The molecular weight excluding hydrogens is 294 g/mol. The molecule has 114 valence electrons. The van der Waals surface area contributed by atoms with Crippen LogP contribution in [-0.4, -0.2) is 21.1 Å². The highest BCUT2D eigenvalue weighted by molar-refractivity contribution is 7.99. The van der Waals surface area contributed by atoms with Gasteiger partial charge in [0, 0.05) is 17.1 Å². The summed E-state index contributed by atoms with van der Waals surface area (Å²) in [5.41, 5.74) is 1.51. The predicted octanol–water partition coefficient (Wildman–Crippen LogP) is 4.07. The topological polar surface area (TPSA) is 54.9 Å². The van der Waals surface area contributed by atoms with Crippen LogP contribution >= 0.6 is 11.8 Å². The molecule has 0 unspecified atom stereocenters. The number of amides is 1. The molecule has 22 heavy (non-hydrogen) atoms. The Bertz CT molecular complexity index is 668. The molecule has 4 nitrogen and oxygen atoms in total. The standard InChI is InChI=1S/C17H19N3OS/c1-12-6-4-10-15(19-12)20-16(21)14-9-5-11-18-17(14)22-13-7-2-3-8-13/h4-6,9-11,13H,2-3,7-8H2,1H3,(H,19,20,21). The number of aryl methyl sites for hydroxylation is 1. The Hall–Kier alpha value is -1.88. The average Bonchev–Trinajstić information content (AvgIpc) is 3.01. The van der Waals surface area contributed by atoms with Gasteiger partial charge in [0.1, 0.15) is 10.8 Å². The summed E-state index contributed by atoms with van der Waals surface area (Å²) < 4.78 is 0. The van der Waals surface area contributed by atoms with Crippen molar-refractivity contribution >= 4 is 23.5 Å². The Balaban J connectivity index is 1.76. The lowest BCUT2D eigenvalue weighted by atomic mass is 10.2. The predicted molar refractivity (Wildman–Crippen MR) is 89.3 cm³/mol. The molecule has 1 aliphatic rings. The second-order valence-corrected chi connectivity index (χ2v) is 6.79. The maximum Gasteiger partial charge on any atom is 0.259 e. The normalized spacial score (nSPS) is 15.0. The lowest BCUT2D eigenvalue weighted by Gasteiger charge is -2.12. The van der Waals surface area contributed by atoms with Crippen LogP contribution in [0.5, 0.6) is 0 Å². The molecule has 0 spiro atoms. The van der Waals surface area contributed by atoms with Gasteiger partial charge in [0.2, 0.25) is 0 Å². The lowest BCUT2D eigenvalue weighted by molar-refractivity contribution is 0.102. The van der Waals surface area contributed by atoms with Crippen molar-refractivity contribution in [3.63, 3.8) is 0 Å². The van der Waals surface area contributed by atoms with Crippen LogP contribution < -0.4 is 5.32 Å². The fraction of sp³-hybridized carbons (Fsp3) is 0.353. The summed E-state index contributed by atoms with van der Waals surface area (Å²) in [5.74, 6) is 0.428. The van der Waals surface area contributed by atoms with Crippen molar-refractivity contribution in [3.05, 3.63) is 47.8 Å². The largest absolute Gasteiger partial charge is 0.306 e. The van der Waals surface area contributed by atoms with Gasteiger partial charge in [-0.1, -0.05) is 18.9 Å². The highest BCUT2D eigenvalue weighted by atomic mass is 32.2. The Kier molecular flexibility index (Phi) is 4.73. The molecular formula is C17H19N3OS. The van der Waals surface area contributed by atoms with Crippen molar-refractivity contribution in [3.8, 4) is 0 Å². The number of carbonyl (C=O) groups excluding carboxylic acids is 1. The summed E-state index contributed by atoms with van der Waals surface area (Å²) in [6.07, 6.45) is 6.72. The first kappa shape index (κ1) is 15.0. The third-order valence-corrected chi connectivity index (χ3v) is 5.08. The van der Waals surface area contributed by atoms with E-state index in [0.29, 0.717) is 16.6 Å². The number of anilines is 1. The van der Waals surface area contributed by atoms with Gasteiger partial charge in [-0.25, -0.2) is 9.97 Å². The molecule has 0 radical (unpaired) electrons. The number of hydrogen-bond acceptors (Lipinski definition) is 4. The zero-order valence-corrected chi connectivity index (χ0v) is 13.4. The molecule has 5 heteroatoms. The van der Waals surface area contributed by atoms with Crippen molar-refractivity contribution in [2.75, 3.05) is 5.32 Å². The van der Waals surface area contributed by atoms with Crippen LogP contribution in [0, 0.1) is 6.92 Å². The highest BCUT2D eigenvalue weighted by Crippen LogP contribution is 2.35. The lowest BCUT2D eigenvalue weighted by Crippen LogP contribution is -2.15. The molecule has 1 amide bonds. The smallest absolute Gasteiger partial charge is 0.259 e. The first-order chi connectivity index (χ1) is 10.7. The highest BCUT2D eigenvalue weighted by Gasteiger charge is 2.20. The van der Waals surface area contributed by atoms with Crippen LogP contribution in [-0.2, 0) is 0 Å². The average molecular weight is 313 g/mol. The summed E-state index contributed by atoms with van der Waals surface area (Å²) in [7, 11) is 0. The molecule has 2 heterocycles. The molecule has 1 saturated carbocycles. The van der Waals surface area contributed by atoms with E-state index in [1.807, 2.05) is 25.1 Å². The zero-order chi connectivity index (χ0) is 15.4. The van der Waals surface area contributed by atoms with Gasteiger partial charge in [-0.05, 0) is 44.0 Å². The number of aromatic nitrogens is 2. The first-order valence-corrected chi connectivity index (χ1v) is 8.47. The summed E-state index contributed by atoms with van der Waals surface area (Å²) in [4.78, 5) is 21.2. The summed E-state index contributed by atoms with van der Waals surface area (Å²) in [5, 5.41) is 4.26. The quantitative estimate of drug-likeness (QED) is 0.924. The molecule has 0 bridgehead atoms. The van der Waals surface area contributed by atoms with Crippen LogP contribution in [0.3, 0.4) is 0 Å². The molecule has 1 aliphatic carbocycles. The summed E-state index contributed by atoms with van der Waals surface area (Å²) >= 11 is 1.73. The molecule has 2 aromatic heterocycles. The minimum Gasteiger partial charge on any atom is -0.306 e. The minimum atomic E-state index is -0.147.